The van der Waals surface area contributed by atoms with Crippen LogP contribution in [0.5, 0.6) is 0 Å². The molecule has 146 valence electrons. The monoisotopic (exact) mass is 382 g/mol. The number of hydrogen-bond donors (Lipinski definition) is 1. The van der Waals surface area contributed by atoms with E-state index in [1.807, 2.05) is 18.2 Å². The molecule has 2 amide bonds. The fourth-order valence-electron chi connectivity index (χ4n) is 4.03. The first-order valence-corrected chi connectivity index (χ1v) is 9.65. The van der Waals surface area contributed by atoms with E-state index < -0.39 is 6.09 Å². The molecule has 2 aromatic carbocycles. The van der Waals surface area contributed by atoms with Gasteiger partial charge in [-0.05, 0) is 41.7 Å². The second-order valence-electron chi connectivity index (χ2n) is 7.38. The number of rotatable bonds is 3. The van der Waals surface area contributed by atoms with E-state index in [4.69, 9.17) is 4.74 Å². The second-order valence-corrected chi connectivity index (χ2v) is 7.38. The number of nitrogens with one attached hydrogen (secondary N) is 1. The molecule has 2 atom stereocenters. The van der Waals surface area contributed by atoms with Crippen LogP contribution in [0, 0.1) is 11.7 Å². The summed E-state index contributed by atoms with van der Waals surface area (Å²) < 4.78 is 19.0. The van der Waals surface area contributed by atoms with Crippen molar-refractivity contribution in [2.24, 2.45) is 5.92 Å². The number of hydrogen-bond acceptors (Lipinski definition) is 3. The molecule has 1 fully saturated rings. The van der Waals surface area contributed by atoms with E-state index in [9.17, 15) is 14.0 Å². The van der Waals surface area contributed by atoms with Gasteiger partial charge >= 0.3 is 6.09 Å². The zero-order chi connectivity index (χ0) is 19.5. The third-order valence-electron chi connectivity index (χ3n) is 5.49. The maximum atomic E-state index is 13.4. The second kappa shape index (κ2) is 8.00. The molecule has 0 radical (unpaired) electrons. The van der Waals surface area contributed by atoms with Gasteiger partial charge in [0.05, 0.1) is 12.6 Å². The van der Waals surface area contributed by atoms with Gasteiger partial charge in [0.25, 0.3) is 0 Å². The van der Waals surface area contributed by atoms with Gasteiger partial charge in [0.2, 0.25) is 5.91 Å². The normalized spacial score (nSPS) is 21.6. The molecule has 28 heavy (non-hydrogen) atoms. The molecule has 0 bridgehead atoms. The van der Waals surface area contributed by atoms with Crippen LogP contribution in [0.3, 0.4) is 0 Å². The van der Waals surface area contributed by atoms with Crippen LogP contribution in [0.15, 0.2) is 48.5 Å². The highest BCUT2D eigenvalue weighted by atomic mass is 19.1. The Balaban J connectivity index is 1.55. The standard InChI is InChI=1S/C22H23FN2O3/c23-18-7-5-17(6-8-18)21-19-4-2-1-3-16(19)10-12-25(21)22(27)28-14-15-9-11-24-20(26)13-15/h1-8,15,21H,9-14H2,(H,24,26)/t15?,21-/m0/s1. The van der Waals surface area contributed by atoms with Gasteiger partial charge in [0, 0.05) is 25.4 Å². The van der Waals surface area contributed by atoms with E-state index in [1.54, 1.807) is 17.0 Å². The van der Waals surface area contributed by atoms with Crippen LogP contribution in [0.2, 0.25) is 0 Å². The molecule has 2 aliphatic heterocycles. The average Bonchev–Trinajstić information content (AvgIpc) is 2.72. The third kappa shape index (κ3) is 3.86. The van der Waals surface area contributed by atoms with Gasteiger partial charge < -0.3 is 10.1 Å². The van der Waals surface area contributed by atoms with Gasteiger partial charge in [-0.2, -0.15) is 0 Å². The predicted octanol–water partition coefficient (Wildman–Crippen LogP) is 3.44. The molecule has 0 spiro atoms. The van der Waals surface area contributed by atoms with Crippen molar-refractivity contribution in [3.05, 3.63) is 71.0 Å². The van der Waals surface area contributed by atoms with Crippen LogP contribution in [0.1, 0.15) is 35.6 Å². The summed E-state index contributed by atoms with van der Waals surface area (Å²) in [6.07, 6.45) is 1.55. The molecule has 2 heterocycles. The van der Waals surface area contributed by atoms with Crippen LogP contribution in [-0.2, 0) is 16.0 Å². The molecule has 0 aliphatic carbocycles. The minimum atomic E-state index is -0.394. The first-order valence-electron chi connectivity index (χ1n) is 9.65. The summed E-state index contributed by atoms with van der Waals surface area (Å²) in [5.74, 6) is -0.250. The number of halogens is 1. The van der Waals surface area contributed by atoms with E-state index >= 15 is 0 Å². The van der Waals surface area contributed by atoms with Gasteiger partial charge in [-0.25, -0.2) is 9.18 Å². The molecular weight excluding hydrogens is 359 g/mol. The fourth-order valence-corrected chi connectivity index (χ4v) is 4.03. The molecule has 1 N–H and O–H groups in total. The number of fused-ring (bicyclic) bond motifs is 1. The van der Waals surface area contributed by atoms with E-state index in [0.717, 1.165) is 24.0 Å². The highest BCUT2D eigenvalue weighted by Crippen LogP contribution is 2.35. The lowest BCUT2D eigenvalue weighted by atomic mass is 9.88. The smallest absolute Gasteiger partial charge is 0.410 e. The summed E-state index contributed by atoms with van der Waals surface area (Å²) in [6, 6.07) is 14.0. The van der Waals surface area contributed by atoms with E-state index in [-0.39, 0.29) is 30.3 Å². The van der Waals surface area contributed by atoms with Crippen molar-refractivity contribution < 1.29 is 18.7 Å². The largest absolute Gasteiger partial charge is 0.449 e. The van der Waals surface area contributed by atoms with Crippen molar-refractivity contribution in [1.29, 1.82) is 0 Å². The Labute approximate surface area is 163 Å². The van der Waals surface area contributed by atoms with Crippen molar-refractivity contribution in [2.45, 2.75) is 25.3 Å². The van der Waals surface area contributed by atoms with Gasteiger partial charge in [0.1, 0.15) is 5.82 Å². The lowest BCUT2D eigenvalue weighted by molar-refractivity contribution is -0.124. The topological polar surface area (TPSA) is 58.6 Å². The number of benzene rings is 2. The van der Waals surface area contributed by atoms with Crippen LogP contribution in [0.25, 0.3) is 0 Å². The first-order chi connectivity index (χ1) is 13.6. The van der Waals surface area contributed by atoms with E-state index in [2.05, 4.69) is 11.4 Å². The lowest BCUT2D eigenvalue weighted by Gasteiger charge is -2.37. The number of ether oxygens (including phenoxy) is 1. The van der Waals surface area contributed by atoms with Crippen molar-refractivity contribution in [3.63, 3.8) is 0 Å². The highest BCUT2D eigenvalue weighted by molar-refractivity contribution is 5.77. The minimum absolute atomic E-state index is 0.00314. The van der Waals surface area contributed by atoms with Gasteiger partial charge in [-0.15, -0.1) is 0 Å². The Morgan fingerprint density at radius 3 is 2.75 bits per heavy atom. The maximum absolute atomic E-state index is 13.4. The Bertz CT molecular complexity index is 868. The van der Waals surface area contributed by atoms with Gasteiger partial charge in [-0.1, -0.05) is 36.4 Å². The zero-order valence-electron chi connectivity index (χ0n) is 15.6. The number of piperidine rings is 1. The summed E-state index contributed by atoms with van der Waals surface area (Å²) in [4.78, 5) is 26.1. The molecular formula is C22H23FN2O3. The molecule has 0 saturated carbocycles. The van der Waals surface area contributed by atoms with E-state index in [0.29, 0.717) is 19.5 Å². The Hall–Kier alpha value is -2.89. The summed E-state index contributed by atoms with van der Waals surface area (Å²) >= 11 is 0. The predicted molar refractivity (Wildman–Crippen MR) is 102 cm³/mol. The Kier molecular flexibility index (Phi) is 5.28. The Morgan fingerprint density at radius 1 is 1.18 bits per heavy atom. The van der Waals surface area contributed by atoms with Gasteiger partial charge in [0.15, 0.2) is 0 Å². The summed E-state index contributed by atoms with van der Waals surface area (Å²) in [5, 5.41) is 2.79. The molecule has 2 aromatic rings. The maximum Gasteiger partial charge on any atom is 0.410 e. The average molecular weight is 382 g/mol. The Morgan fingerprint density at radius 2 is 1.96 bits per heavy atom. The molecule has 2 aliphatic rings. The summed E-state index contributed by atoms with van der Waals surface area (Å²) in [6.45, 7) is 1.39. The molecule has 5 nitrogen and oxygen atoms in total. The quantitative estimate of drug-likeness (QED) is 0.885. The SMILES string of the molecule is O=C1CC(COC(=O)N2CCc3ccccc3[C@@H]2c2ccc(F)cc2)CCN1. The molecule has 1 unspecified atom stereocenters. The third-order valence-corrected chi connectivity index (χ3v) is 5.49. The molecule has 1 saturated heterocycles. The van der Waals surface area contributed by atoms with Crippen molar-refractivity contribution >= 4 is 12.0 Å². The number of carbonyl (C=O) groups is 2. The highest BCUT2D eigenvalue weighted by Gasteiger charge is 2.33. The molecule has 4 rings (SSSR count). The van der Waals surface area contributed by atoms with Crippen LogP contribution >= 0.6 is 0 Å². The van der Waals surface area contributed by atoms with Gasteiger partial charge in [-0.3, -0.25) is 9.69 Å². The van der Waals surface area contributed by atoms with Crippen LogP contribution in [-0.4, -0.2) is 36.6 Å². The van der Waals surface area contributed by atoms with Crippen molar-refractivity contribution in [3.8, 4) is 0 Å². The van der Waals surface area contributed by atoms with Crippen LogP contribution in [0.4, 0.5) is 9.18 Å². The van der Waals surface area contributed by atoms with Crippen molar-refractivity contribution in [1.82, 2.24) is 10.2 Å². The summed E-state index contributed by atoms with van der Waals surface area (Å²) in [5.41, 5.74) is 3.07. The fraction of sp³-hybridized carbons (Fsp3) is 0.364. The molecule has 6 heteroatoms. The molecule has 0 aromatic heterocycles. The summed E-state index contributed by atoms with van der Waals surface area (Å²) in [7, 11) is 0. The van der Waals surface area contributed by atoms with Crippen LogP contribution < -0.4 is 5.32 Å². The zero-order valence-corrected chi connectivity index (χ0v) is 15.6. The van der Waals surface area contributed by atoms with E-state index in [1.165, 1.54) is 17.7 Å². The van der Waals surface area contributed by atoms with Crippen molar-refractivity contribution in [2.75, 3.05) is 19.7 Å². The lowest BCUT2D eigenvalue weighted by Crippen LogP contribution is -2.42. The number of nitrogens with zero attached hydrogens (tertiary/aromatic N) is 1. The first kappa shape index (κ1) is 18.5. The number of amides is 2. The minimum Gasteiger partial charge on any atom is -0.449 e. The number of carbonyl (C=O) groups excluding carboxylic acids is 2.